The van der Waals surface area contributed by atoms with Crippen molar-refractivity contribution in [1.29, 1.82) is 0 Å². The molecule has 0 bridgehead atoms. The topological polar surface area (TPSA) is 135 Å². The van der Waals surface area contributed by atoms with Crippen LogP contribution >= 0.6 is 0 Å². The second-order valence-corrected chi connectivity index (χ2v) is 12.3. The van der Waals surface area contributed by atoms with Crippen LogP contribution in [-0.4, -0.2) is 84.6 Å². The average molecular weight is 702 g/mol. The summed E-state index contributed by atoms with van der Waals surface area (Å²) in [6.07, 6.45) is 1.86. The smallest absolute Gasteiger partial charge is 0.274 e. The van der Waals surface area contributed by atoms with E-state index in [0.717, 1.165) is 55.0 Å². The fourth-order valence-electron chi connectivity index (χ4n) is 6.43. The minimum atomic E-state index is -0.450. The molecule has 266 valence electrons. The molecule has 0 saturated heterocycles. The van der Waals surface area contributed by atoms with Gasteiger partial charge in [-0.2, -0.15) is 0 Å². The van der Waals surface area contributed by atoms with Crippen LogP contribution in [0.15, 0.2) is 78.9 Å². The van der Waals surface area contributed by atoms with E-state index < -0.39 is 5.91 Å². The molecule has 7 rings (SSSR count). The molecule has 0 saturated carbocycles. The Bertz CT molecular complexity index is 2240. The second kappa shape index (κ2) is 15.0. The van der Waals surface area contributed by atoms with Crippen LogP contribution in [0.25, 0.3) is 28.0 Å². The van der Waals surface area contributed by atoms with Gasteiger partial charge < -0.3 is 29.0 Å². The van der Waals surface area contributed by atoms with E-state index >= 15 is 0 Å². The number of aromatic nitrogens is 5. The van der Waals surface area contributed by atoms with Gasteiger partial charge in [0.05, 0.1) is 58.0 Å². The van der Waals surface area contributed by atoms with Crippen LogP contribution in [-0.2, 0) is 19.4 Å². The van der Waals surface area contributed by atoms with Gasteiger partial charge in [0.15, 0.2) is 23.0 Å². The zero-order chi connectivity index (χ0) is 36.2. The zero-order valence-electron chi connectivity index (χ0n) is 29.7. The summed E-state index contributed by atoms with van der Waals surface area (Å²) in [6.45, 7) is 2.77. The van der Waals surface area contributed by atoms with Crippen molar-refractivity contribution in [1.82, 2.24) is 30.1 Å². The number of para-hydroxylation sites is 1. The Labute approximate surface area is 301 Å². The lowest BCUT2D eigenvalue weighted by atomic mass is 9.98. The number of carbonyl (C=O) groups is 1. The van der Waals surface area contributed by atoms with Crippen molar-refractivity contribution in [2.24, 2.45) is 0 Å². The van der Waals surface area contributed by atoms with Crippen LogP contribution in [0.3, 0.4) is 0 Å². The van der Waals surface area contributed by atoms with E-state index in [1.165, 1.54) is 35.7 Å². The first-order chi connectivity index (χ1) is 25.4. The molecule has 52 heavy (non-hydrogen) atoms. The normalized spacial score (nSPS) is 12.6. The molecule has 4 aromatic carbocycles. The molecule has 0 unspecified atom stereocenters. The molecule has 0 aliphatic carbocycles. The third-order valence-electron chi connectivity index (χ3n) is 9.24. The van der Waals surface area contributed by atoms with Gasteiger partial charge in [0.25, 0.3) is 5.91 Å². The van der Waals surface area contributed by atoms with Crippen LogP contribution in [0, 0.1) is 0 Å². The standard InChI is InChI=1S/C39H39N7O6/c1-48-33-22-32(40-30-9-7-6-8-28(30)33)39(47)41-31-21-37(52-5)36(51-4)20-29(31)38-42-44-46(43-38)27-12-10-24(11-13-27)14-16-45-17-15-25-18-34(49-2)35(50-3)19-26(25)23-45/h6-13,18-22H,14-17,23H2,1-5H3,(H,41,47). The first-order valence-electron chi connectivity index (χ1n) is 16.8. The van der Waals surface area contributed by atoms with E-state index in [9.17, 15) is 4.79 Å². The van der Waals surface area contributed by atoms with Gasteiger partial charge in [-0.3, -0.25) is 9.69 Å². The summed E-state index contributed by atoms with van der Waals surface area (Å²) < 4.78 is 27.7. The number of fused-ring (bicyclic) bond motifs is 2. The van der Waals surface area contributed by atoms with Gasteiger partial charge in [-0.15, -0.1) is 15.0 Å². The molecule has 0 atom stereocenters. The number of hydrogen-bond acceptors (Lipinski definition) is 11. The quantitative estimate of drug-likeness (QED) is 0.167. The van der Waals surface area contributed by atoms with Crippen molar-refractivity contribution in [2.45, 2.75) is 19.4 Å². The lowest BCUT2D eigenvalue weighted by molar-refractivity contribution is 0.102. The Kier molecular flexibility index (Phi) is 9.85. The fraction of sp³-hybridized carbons (Fsp3) is 0.256. The maximum absolute atomic E-state index is 13.6. The highest BCUT2D eigenvalue weighted by molar-refractivity contribution is 6.07. The summed E-state index contributed by atoms with van der Waals surface area (Å²) in [4.78, 5) is 22.1. The monoisotopic (exact) mass is 701 g/mol. The zero-order valence-corrected chi connectivity index (χ0v) is 29.7. The van der Waals surface area contributed by atoms with Gasteiger partial charge in [0.2, 0.25) is 5.82 Å². The van der Waals surface area contributed by atoms with Gasteiger partial charge >= 0.3 is 0 Å². The van der Waals surface area contributed by atoms with Gasteiger partial charge in [-0.1, -0.05) is 24.3 Å². The highest BCUT2D eigenvalue weighted by Gasteiger charge is 2.22. The van der Waals surface area contributed by atoms with Gasteiger partial charge in [0, 0.05) is 37.2 Å². The lowest BCUT2D eigenvalue weighted by Crippen LogP contribution is -2.32. The molecule has 3 heterocycles. The minimum absolute atomic E-state index is 0.180. The van der Waals surface area contributed by atoms with Gasteiger partial charge in [-0.05, 0) is 77.2 Å². The first kappa shape index (κ1) is 34.2. The molecule has 0 fully saturated rings. The van der Waals surface area contributed by atoms with Crippen LogP contribution in [0.4, 0.5) is 5.69 Å². The van der Waals surface area contributed by atoms with Gasteiger partial charge in [0.1, 0.15) is 11.4 Å². The minimum Gasteiger partial charge on any atom is -0.496 e. The van der Waals surface area contributed by atoms with E-state index in [-0.39, 0.29) is 11.5 Å². The first-order valence-corrected chi connectivity index (χ1v) is 16.8. The fourth-order valence-corrected chi connectivity index (χ4v) is 6.43. The SMILES string of the molecule is COc1cc2c(cc1OC)CN(CCc1ccc(-n3nnc(-c4cc(OC)c(OC)cc4NC(=O)c4cc(OC)c5ccccc5n4)n3)cc1)CC2. The van der Waals surface area contributed by atoms with E-state index in [1.54, 1.807) is 39.5 Å². The summed E-state index contributed by atoms with van der Waals surface area (Å²) in [6, 6.07) is 24.7. The number of ether oxygens (including phenoxy) is 5. The van der Waals surface area contributed by atoms with E-state index in [1.807, 2.05) is 36.4 Å². The average Bonchev–Trinajstić information content (AvgIpc) is 3.69. The van der Waals surface area contributed by atoms with Crippen molar-refractivity contribution in [3.05, 3.63) is 101 Å². The maximum atomic E-state index is 13.6. The largest absolute Gasteiger partial charge is 0.496 e. The van der Waals surface area contributed by atoms with Crippen LogP contribution < -0.4 is 29.0 Å². The van der Waals surface area contributed by atoms with E-state index in [2.05, 4.69) is 54.9 Å². The molecule has 2 aromatic heterocycles. The van der Waals surface area contributed by atoms with Crippen LogP contribution in [0.2, 0.25) is 0 Å². The van der Waals surface area contributed by atoms with Crippen molar-refractivity contribution in [3.63, 3.8) is 0 Å². The number of carbonyl (C=O) groups excluding carboxylic acids is 1. The molecule has 6 aromatic rings. The Morgan fingerprint density at radius 3 is 2.17 bits per heavy atom. The van der Waals surface area contributed by atoms with Crippen LogP contribution in [0.5, 0.6) is 28.7 Å². The number of methoxy groups -OCH3 is 5. The molecule has 13 heteroatoms. The van der Waals surface area contributed by atoms with Crippen LogP contribution in [0.1, 0.15) is 27.2 Å². The van der Waals surface area contributed by atoms with Crippen molar-refractivity contribution in [3.8, 4) is 45.8 Å². The number of nitrogens with one attached hydrogen (secondary N) is 1. The third kappa shape index (κ3) is 6.90. The second-order valence-electron chi connectivity index (χ2n) is 12.3. The van der Waals surface area contributed by atoms with Crippen molar-refractivity contribution >= 4 is 22.5 Å². The lowest BCUT2D eigenvalue weighted by Gasteiger charge is -2.29. The van der Waals surface area contributed by atoms with Crippen molar-refractivity contribution < 1.29 is 28.5 Å². The molecule has 1 amide bonds. The highest BCUT2D eigenvalue weighted by Crippen LogP contribution is 2.38. The number of benzene rings is 4. The van der Waals surface area contributed by atoms with E-state index in [4.69, 9.17) is 23.7 Å². The number of anilines is 1. The number of hydrogen-bond donors (Lipinski definition) is 1. The summed E-state index contributed by atoms with van der Waals surface area (Å²) in [5.41, 5.74) is 6.22. The molecular weight excluding hydrogens is 662 g/mol. The Morgan fingerprint density at radius 2 is 1.44 bits per heavy atom. The number of amides is 1. The summed E-state index contributed by atoms with van der Waals surface area (Å²) in [7, 11) is 7.96. The number of nitrogens with zero attached hydrogens (tertiary/aromatic N) is 6. The molecule has 1 aliphatic heterocycles. The predicted octanol–water partition coefficient (Wildman–Crippen LogP) is 5.77. The van der Waals surface area contributed by atoms with E-state index in [0.29, 0.717) is 34.0 Å². The number of tetrazole rings is 1. The highest BCUT2D eigenvalue weighted by atomic mass is 16.5. The summed E-state index contributed by atoms with van der Waals surface area (Å²) >= 11 is 0. The number of rotatable bonds is 12. The van der Waals surface area contributed by atoms with Crippen molar-refractivity contribution in [2.75, 3.05) is 54.0 Å². The molecule has 0 radical (unpaired) electrons. The maximum Gasteiger partial charge on any atom is 0.274 e. The molecule has 1 aliphatic rings. The summed E-state index contributed by atoms with van der Waals surface area (Å²) in [5.74, 6) is 2.77. The molecular formula is C39H39N7O6. The van der Waals surface area contributed by atoms with Gasteiger partial charge in [-0.25, -0.2) is 4.98 Å². The Hall–Kier alpha value is -6.21. The molecule has 1 N–H and O–H groups in total. The summed E-state index contributed by atoms with van der Waals surface area (Å²) in [5, 5.41) is 17.1. The molecule has 13 nitrogen and oxygen atoms in total. The predicted molar refractivity (Wildman–Crippen MR) is 196 cm³/mol. The molecule has 0 spiro atoms. The Morgan fingerprint density at radius 1 is 0.769 bits per heavy atom. The number of pyridine rings is 1. The third-order valence-corrected chi connectivity index (χ3v) is 9.24. The Balaban J connectivity index is 1.08.